The number of alkyl halides is 4. The number of benzene rings is 2. The molecular formula is C24H26Cl4N2O2. The quantitative estimate of drug-likeness (QED) is 0.455. The zero-order valence-electron chi connectivity index (χ0n) is 17.8. The average molecular weight is 516 g/mol. The standard InChI is InChI=1S/2C12H13Cl2NO/c2*1-8(9-5-3-2-4-6-9)15-11(16)10-7-12(10,13)14/h2*2-6,8,10H,7H2,1H3,(H,15,16)/t2*8-,10+/m11/s1. The van der Waals surface area contributed by atoms with Crippen LogP contribution in [0.15, 0.2) is 60.7 Å². The van der Waals surface area contributed by atoms with E-state index in [1.165, 1.54) is 0 Å². The summed E-state index contributed by atoms with van der Waals surface area (Å²) in [7, 11) is 0. The van der Waals surface area contributed by atoms with Gasteiger partial charge in [-0.3, -0.25) is 9.59 Å². The molecule has 8 heteroatoms. The maximum absolute atomic E-state index is 11.7. The maximum atomic E-state index is 11.7. The van der Waals surface area contributed by atoms with Crippen molar-refractivity contribution >= 4 is 58.2 Å². The summed E-state index contributed by atoms with van der Waals surface area (Å²) < 4.78 is -1.69. The molecule has 2 saturated carbocycles. The average Bonchev–Trinajstić information content (AvgIpc) is 3.62. The van der Waals surface area contributed by atoms with Crippen LogP contribution >= 0.6 is 46.4 Å². The van der Waals surface area contributed by atoms with Gasteiger partial charge in [-0.1, -0.05) is 60.7 Å². The van der Waals surface area contributed by atoms with Crippen LogP contribution in [-0.4, -0.2) is 20.5 Å². The van der Waals surface area contributed by atoms with Gasteiger partial charge in [0.1, 0.15) is 8.67 Å². The van der Waals surface area contributed by atoms with E-state index < -0.39 is 8.67 Å². The molecule has 0 aliphatic heterocycles. The molecule has 2 aromatic carbocycles. The summed E-state index contributed by atoms with van der Waals surface area (Å²) in [4.78, 5) is 23.4. The molecule has 172 valence electrons. The van der Waals surface area contributed by atoms with E-state index in [1.807, 2.05) is 74.5 Å². The van der Waals surface area contributed by atoms with Crippen molar-refractivity contribution in [2.24, 2.45) is 11.8 Å². The van der Waals surface area contributed by atoms with E-state index in [4.69, 9.17) is 46.4 Å². The van der Waals surface area contributed by atoms with Crippen molar-refractivity contribution in [2.75, 3.05) is 0 Å². The molecule has 0 heterocycles. The third-order valence-electron chi connectivity index (χ3n) is 5.60. The van der Waals surface area contributed by atoms with Crippen LogP contribution in [0.1, 0.15) is 49.9 Å². The maximum Gasteiger partial charge on any atom is 0.226 e. The zero-order chi connectivity index (χ0) is 23.5. The van der Waals surface area contributed by atoms with E-state index in [0.717, 1.165) is 11.1 Å². The van der Waals surface area contributed by atoms with E-state index in [2.05, 4.69) is 10.6 Å². The molecule has 0 aromatic heterocycles. The van der Waals surface area contributed by atoms with Crippen molar-refractivity contribution in [3.63, 3.8) is 0 Å². The normalized spacial score (nSPS) is 23.6. The Hall–Kier alpha value is -1.46. The van der Waals surface area contributed by atoms with Crippen molar-refractivity contribution in [3.05, 3.63) is 71.8 Å². The van der Waals surface area contributed by atoms with Gasteiger partial charge in [0.05, 0.1) is 23.9 Å². The van der Waals surface area contributed by atoms with Gasteiger partial charge in [0.15, 0.2) is 0 Å². The molecule has 0 saturated heterocycles. The minimum Gasteiger partial charge on any atom is -0.349 e. The highest BCUT2D eigenvalue weighted by Gasteiger charge is 2.57. The van der Waals surface area contributed by atoms with Gasteiger partial charge >= 0.3 is 0 Å². The van der Waals surface area contributed by atoms with Crippen LogP contribution < -0.4 is 10.6 Å². The lowest BCUT2D eigenvalue weighted by molar-refractivity contribution is -0.123. The lowest BCUT2D eigenvalue weighted by Crippen LogP contribution is -2.29. The van der Waals surface area contributed by atoms with E-state index >= 15 is 0 Å². The molecule has 0 radical (unpaired) electrons. The van der Waals surface area contributed by atoms with Crippen LogP contribution in [0.4, 0.5) is 0 Å². The van der Waals surface area contributed by atoms with Gasteiger partial charge in [-0.25, -0.2) is 0 Å². The summed E-state index contributed by atoms with van der Waals surface area (Å²) in [6, 6.07) is 19.6. The van der Waals surface area contributed by atoms with Gasteiger partial charge in [-0.2, -0.15) is 0 Å². The fourth-order valence-electron chi connectivity index (χ4n) is 3.27. The predicted octanol–water partition coefficient (Wildman–Crippen LogP) is 6.12. The van der Waals surface area contributed by atoms with Crippen molar-refractivity contribution < 1.29 is 9.59 Å². The second-order valence-electron chi connectivity index (χ2n) is 8.32. The SMILES string of the molecule is C[C@@H](NC(=O)[C@@H]1CC1(Cl)Cl)c1ccccc1.C[C@@H](NC(=O)[C@@H]1CC1(Cl)Cl)c1ccccc1. The summed E-state index contributed by atoms with van der Waals surface area (Å²) in [5.41, 5.74) is 2.15. The van der Waals surface area contributed by atoms with Gasteiger partial charge < -0.3 is 10.6 Å². The molecule has 2 amide bonds. The highest BCUT2D eigenvalue weighted by Crippen LogP contribution is 2.54. The van der Waals surface area contributed by atoms with E-state index in [-0.39, 0.29) is 35.7 Å². The van der Waals surface area contributed by atoms with E-state index in [1.54, 1.807) is 0 Å². The van der Waals surface area contributed by atoms with E-state index in [9.17, 15) is 9.59 Å². The second-order valence-corrected chi connectivity index (χ2v) is 11.4. The van der Waals surface area contributed by atoms with Gasteiger partial charge in [-0.05, 0) is 37.8 Å². The molecule has 4 atom stereocenters. The number of carbonyl (C=O) groups is 2. The molecule has 0 spiro atoms. The molecule has 0 unspecified atom stereocenters. The topological polar surface area (TPSA) is 58.2 Å². The Labute approximate surface area is 208 Å². The third-order valence-corrected chi connectivity index (χ3v) is 7.27. The smallest absolute Gasteiger partial charge is 0.226 e. The fourth-order valence-corrected chi connectivity index (χ4v) is 4.29. The van der Waals surface area contributed by atoms with Gasteiger partial charge in [0, 0.05) is 0 Å². The van der Waals surface area contributed by atoms with Gasteiger partial charge in [0.2, 0.25) is 11.8 Å². The van der Waals surface area contributed by atoms with Gasteiger partial charge in [-0.15, -0.1) is 46.4 Å². The number of rotatable bonds is 6. The molecule has 4 nitrogen and oxygen atoms in total. The Balaban J connectivity index is 0.000000181. The molecule has 2 aliphatic carbocycles. The molecule has 2 fully saturated rings. The van der Waals surface area contributed by atoms with Crippen LogP contribution in [0.2, 0.25) is 0 Å². The molecular weight excluding hydrogens is 490 g/mol. The summed E-state index contributed by atoms with van der Waals surface area (Å²) in [5.74, 6) is -0.660. The first-order chi connectivity index (χ1) is 15.0. The first kappa shape index (κ1) is 25.2. The monoisotopic (exact) mass is 514 g/mol. The van der Waals surface area contributed by atoms with E-state index in [0.29, 0.717) is 12.8 Å². The van der Waals surface area contributed by atoms with Crippen molar-refractivity contribution in [1.29, 1.82) is 0 Å². The Kier molecular flexibility index (Phi) is 8.03. The van der Waals surface area contributed by atoms with Gasteiger partial charge in [0.25, 0.3) is 0 Å². The highest BCUT2D eigenvalue weighted by atomic mass is 35.5. The highest BCUT2D eigenvalue weighted by molar-refractivity contribution is 6.52. The number of hydrogen-bond acceptors (Lipinski definition) is 2. The summed E-state index contributed by atoms with van der Waals surface area (Å²) >= 11 is 23.3. The molecule has 4 rings (SSSR count). The fraction of sp³-hybridized carbons (Fsp3) is 0.417. The zero-order valence-corrected chi connectivity index (χ0v) is 20.8. The molecule has 2 N–H and O–H groups in total. The number of hydrogen-bond donors (Lipinski definition) is 2. The van der Waals surface area contributed by atoms with Crippen LogP contribution in [0.5, 0.6) is 0 Å². The first-order valence-corrected chi connectivity index (χ1v) is 12.0. The van der Waals surface area contributed by atoms with Crippen LogP contribution in [0.3, 0.4) is 0 Å². The Morgan fingerprint density at radius 1 is 0.719 bits per heavy atom. The Morgan fingerprint density at radius 2 is 1.00 bits per heavy atom. The minimum atomic E-state index is -0.847. The van der Waals surface area contributed by atoms with Crippen LogP contribution in [0.25, 0.3) is 0 Å². The number of halogens is 4. The van der Waals surface area contributed by atoms with Crippen molar-refractivity contribution in [1.82, 2.24) is 10.6 Å². The summed E-state index contributed by atoms with van der Waals surface area (Å²) in [6.45, 7) is 3.89. The lowest BCUT2D eigenvalue weighted by Gasteiger charge is -2.14. The first-order valence-electron chi connectivity index (χ1n) is 10.5. The number of nitrogens with one attached hydrogen (secondary N) is 2. The Bertz CT molecular complexity index is 860. The minimum absolute atomic E-state index is 0.0153. The van der Waals surface area contributed by atoms with Crippen LogP contribution in [0, 0.1) is 11.8 Å². The molecule has 2 aliphatic rings. The largest absolute Gasteiger partial charge is 0.349 e. The summed E-state index contributed by atoms with van der Waals surface area (Å²) in [5, 5.41) is 5.81. The molecule has 0 bridgehead atoms. The number of amides is 2. The molecule has 2 aromatic rings. The van der Waals surface area contributed by atoms with Crippen LogP contribution in [-0.2, 0) is 9.59 Å². The summed E-state index contributed by atoms with van der Waals surface area (Å²) in [6.07, 6.45) is 1.09. The third kappa shape index (κ3) is 6.77. The lowest BCUT2D eigenvalue weighted by atomic mass is 10.1. The van der Waals surface area contributed by atoms with Crippen molar-refractivity contribution in [2.45, 2.75) is 47.4 Å². The second kappa shape index (κ2) is 10.2. The predicted molar refractivity (Wildman–Crippen MR) is 131 cm³/mol. The Morgan fingerprint density at radius 3 is 1.25 bits per heavy atom. The number of carbonyl (C=O) groups excluding carboxylic acids is 2. The van der Waals surface area contributed by atoms with Crippen molar-refractivity contribution in [3.8, 4) is 0 Å². The molecule has 32 heavy (non-hydrogen) atoms.